The molecule has 4 heteroatoms. The quantitative estimate of drug-likeness (QED) is 0.868. The maximum Gasteiger partial charge on any atom is 0.338 e. The normalized spacial score (nSPS) is 19.9. The van der Waals surface area contributed by atoms with E-state index in [0.717, 1.165) is 30.4 Å². The Morgan fingerprint density at radius 3 is 2.74 bits per heavy atom. The smallest absolute Gasteiger partial charge is 0.338 e. The molecule has 1 aliphatic rings. The van der Waals surface area contributed by atoms with Crippen LogP contribution in [0.1, 0.15) is 34.3 Å². The minimum absolute atomic E-state index is 0.0519. The summed E-state index contributed by atoms with van der Waals surface area (Å²) < 4.78 is 5.52. The van der Waals surface area contributed by atoms with Gasteiger partial charge in [0.1, 0.15) is 6.61 Å². The fraction of sp³-hybridized carbons (Fsp3) is 0.316. The molecule has 3 rings (SSSR count). The molecule has 0 aliphatic heterocycles. The molecule has 0 bridgehead atoms. The monoisotopic (exact) mass is 330 g/mol. The number of hydrogen-bond acceptors (Lipinski definition) is 3. The molecule has 0 saturated carbocycles. The van der Waals surface area contributed by atoms with E-state index in [-0.39, 0.29) is 19.2 Å². The van der Waals surface area contributed by atoms with Crippen LogP contribution in [0.2, 0.25) is 5.02 Å². The third-order valence-electron chi connectivity index (χ3n) is 4.53. The van der Waals surface area contributed by atoms with Gasteiger partial charge in [-0.2, -0.15) is 0 Å². The number of ether oxygens (including phenoxy) is 1. The van der Waals surface area contributed by atoms with Crippen LogP contribution in [0.15, 0.2) is 48.5 Å². The summed E-state index contributed by atoms with van der Waals surface area (Å²) in [5.74, 6) is -0.362. The summed E-state index contributed by atoms with van der Waals surface area (Å²) in [6, 6.07) is 14.6. The van der Waals surface area contributed by atoms with E-state index < -0.39 is 5.41 Å². The van der Waals surface area contributed by atoms with E-state index in [4.69, 9.17) is 16.3 Å². The third kappa shape index (κ3) is 3.26. The van der Waals surface area contributed by atoms with Crippen LogP contribution in [0.5, 0.6) is 0 Å². The highest BCUT2D eigenvalue weighted by atomic mass is 35.5. The summed E-state index contributed by atoms with van der Waals surface area (Å²) in [5, 5.41) is 10.7. The van der Waals surface area contributed by atoms with Gasteiger partial charge in [-0.15, -0.1) is 0 Å². The number of carbonyl (C=O) groups excluding carboxylic acids is 1. The fourth-order valence-corrected chi connectivity index (χ4v) is 3.45. The lowest BCUT2D eigenvalue weighted by Crippen LogP contribution is -2.40. The van der Waals surface area contributed by atoms with Gasteiger partial charge in [0.2, 0.25) is 0 Å². The number of aliphatic hydroxyl groups excluding tert-OH is 1. The first kappa shape index (κ1) is 16.0. The topological polar surface area (TPSA) is 46.5 Å². The first-order valence-corrected chi connectivity index (χ1v) is 8.14. The second-order valence-corrected chi connectivity index (χ2v) is 6.47. The van der Waals surface area contributed by atoms with Gasteiger partial charge in [-0.05, 0) is 54.7 Å². The van der Waals surface area contributed by atoms with E-state index in [1.54, 1.807) is 24.3 Å². The number of benzene rings is 2. The van der Waals surface area contributed by atoms with Crippen molar-refractivity contribution in [3.8, 4) is 0 Å². The summed E-state index contributed by atoms with van der Waals surface area (Å²) in [6.45, 7) is 0.121. The second kappa shape index (κ2) is 6.73. The Balaban J connectivity index is 1.82. The SMILES string of the molecule is O=C(OC[C@]1(CO)CCCc2cc(Cl)ccc21)c1ccccc1. The van der Waals surface area contributed by atoms with E-state index in [9.17, 15) is 9.90 Å². The Morgan fingerprint density at radius 2 is 2.00 bits per heavy atom. The summed E-state index contributed by atoms with van der Waals surface area (Å²) >= 11 is 6.07. The van der Waals surface area contributed by atoms with Gasteiger partial charge >= 0.3 is 5.97 Å². The molecular formula is C19H19ClO3. The van der Waals surface area contributed by atoms with Crippen LogP contribution in [0.25, 0.3) is 0 Å². The molecule has 23 heavy (non-hydrogen) atoms. The van der Waals surface area contributed by atoms with E-state index in [1.165, 1.54) is 0 Å². The highest BCUT2D eigenvalue weighted by Gasteiger charge is 2.37. The van der Waals surface area contributed by atoms with Crippen LogP contribution in [0, 0.1) is 0 Å². The molecule has 0 amide bonds. The van der Waals surface area contributed by atoms with E-state index in [0.29, 0.717) is 10.6 Å². The van der Waals surface area contributed by atoms with Gasteiger partial charge in [-0.1, -0.05) is 35.9 Å². The van der Waals surface area contributed by atoms with E-state index in [1.807, 2.05) is 24.3 Å². The highest BCUT2D eigenvalue weighted by Crippen LogP contribution is 2.38. The van der Waals surface area contributed by atoms with Gasteiger partial charge in [0.15, 0.2) is 0 Å². The Morgan fingerprint density at radius 1 is 1.22 bits per heavy atom. The molecule has 1 atom stereocenters. The minimum atomic E-state index is -0.539. The van der Waals surface area contributed by atoms with Crippen molar-refractivity contribution in [2.75, 3.05) is 13.2 Å². The zero-order chi connectivity index (χ0) is 16.3. The molecule has 3 nitrogen and oxygen atoms in total. The molecule has 1 aliphatic carbocycles. The minimum Gasteiger partial charge on any atom is -0.461 e. The number of aliphatic hydroxyl groups is 1. The molecule has 0 saturated heterocycles. The van der Waals surface area contributed by atoms with Gasteiger partial charge in [-0.25, -0.2) is 4.79 Å². The second-order valence-electron chi connectivity index (χ2n) is 6.04. The van der Waals surface area contributed by atoms with E-state index in [2.05, 4.69) is 0 Å². The van der Waals surface area contributed by atoms with Crippen LogP contribution in [0.3, 0.4) is 0 Å². The number of esters is 1. The van der Waals surface area contributed by atoms with Crippen molar-refractivity contribution in [1.29, 1.82) is 0 Å². The average Bonchev–Trinajstić information content (AvgIpc) is 2.60. The molecule has 1 N–H and O–H groups in total. The number of aryl methyl sites for hydroxylation is 1. The highest BCUT2D eigenvalue weighted by molar-refractivity contribution is 6.30. The molecule has 0 unspecified atom stereocenters. The largest absolute Gasteiger partial charge is 0.461 e. The van der Waals surface area contributed by atoms with Crippen molar-refractivity contribution >= 4 is 17.6 Å². The van der Waals surface area contributed by atoms with Gasteiger partial charge in [-0.3, -0.25) is 0 Å². The summed E-state index contributed by atoms with van der Waals surface area (Å²) in [5.41, 5.74) is 2.15. The Hall–Kier alpha value is -1.84. The molecular weight excluding hydrogens is 312 g/mol. The molecule has 0 heterocycles. The van der Waals surface area contributed by atoms with Gasteiger partial charge < -0.3 is 9.84 Å². The lowest BCUT2D eigenvalue weighted by Gasteiger charge is -2.37. The molecule has 0 aromatic heterocycles. The molecule has 2 aromatic rings. The van der Waals surface area contributed by atoms with Crippen LogP contribution in [-0.4, -0.2) is 24.3 Å². The van der Waals surface area contributed by atoms with Crippen molar-refractivity contribution < 1.29 is 14.6 Å². The predicted octanol–water partition coefficient (Wildman–Crippen LogP) is 3.76. The fourth-order valence-electron chi connectivity index (χ4n) is 3.26. The molecule has 2 aromatic carbocycles. The number of hydrogen-bond donors (Lipinski definition) is 1. The maximum atomic E-state index is 12.2. The van der Waals surface area contributed by atoms with Crippen molar-refractivity contribution in [3.05, 3.63) is 70.2 Å². The number of carbonyl (C=O) groups is 1. The van der Waals surface area contributed by atoms with Crippen LogP contribution >= 0.6 is 11.6 Å². The summed E-state index contributed by atoms with van der Waals surface area (Å²) in [7, 11) is 0. The zero-order valence-electron chi connectivity index (χ0n) is 12.8. The molecule has 0 fully saturated rings. The third-order valence-corrected chi connectivity index (χ3v) is 4.77. The Labute approximate surface area is 140 Å². The Kier molecular flexibility index (Phi) is 4.69. The van der Waals surface area contributed by atoms with Gasteiger partial charge in [0.05, 0.1) is 17.6 Å². The first-order valence-electron chi connectivity index (χ1n) is 7.77. The zero-order valence-corrected chi connectivity index (χ0v) is 13.6. The van der Waals surface area contributed by atoms with Crippen molar-refractivity contribution in [2.45, 2.75) is 24.7 Å². The lowest BCUT2D eigenvalue weighted by atomic mass is 9.71. The average molecular weight is 331 g/mol. The van der Waals surface area contributed by atoms with Crippen LogP contribution < -0.4 is 0 Å². The Bertz CT molecular complexity index is 699. The summed E-state index contributed by atoms with van der Waals surface area (Å²) in [4.78, 5) is 12.2. The summed E-state index contributed by atoms with van der Waals surface area (Å²) in [6.07, 6.45) is 2.67. The first-order chi connectivity index (χ1) is 11.1. The molecule has 0 spiro atoms. The van der Waals surface area contributed by atoms with Crippen LogP contribution in [-0.2, 0) is 16.6 Å². The van der Waals surface area contributed by atoms with Crippen molar-refractivity contribution in [3.63, 3.8) is 0 Å². The predicted molar refractivity (Wildman–Crippen MR) is 89.9 cm³/mol. The molecule has 0 radical (unpaired) electrons. The lowest BCUT2D eigenvalue weighted by molar-refractivity contribution is 0.0284. The van der Waals surface area contributed by atoms with Gasteiger partial charge in [0, 0.05) is 5.02 Å². The maximum absolute atomic E-state index is 12.2. The van der Waals surface area contributed by atoms with E-state index >= 15 is 0 Å². The molecule has 120 valence electrons. The van der Waals surface area contributed by atoms with Crippen molar-refractivity contribution in [2.24, 2.45) is 0 Å². The number of fused-ring (bicyclic) bond motifs is 1. The standard InChI is InChI=1S/C19H19ClO3/c20-16-8-9-17-15(11-16)7-4-10-19(17,12-21)13-23-18(22)14-5-2-1-3-6-14/h1-3,5-6,8-9,11,21H,4,7,10,12-13H2/t19-/m1/s1. The number of halogens is 1. The number of rotatable bonds is 4. The van der Waals surface area contributed by atoms with Gasteiger partial charge in [0.25, 0.3) is 0 Å². The van der Waals surface area contributed by atoms with Crippen LogP contribution in [0.4, 0.5) is 0 Å². The van der Waals surface area contributed by atoms with Crippen molar-refractivity contribution in [1.82, 2.24) is 0 Å².